The van der Waals surface area contributed by atoms with E-state index in [4.69, 9.17) is 4.74 Å². The summed E-state index contributed by atoms with van der Waals surface area (Å²) >= 11 is 0. The Bertz CT molecular complexity index is 1160. The molecule has 6 nitrogen and oxygen atoms in total. The summed E-state index contributed by atoms with van der Waals surface area (Å²) in [6.45, 7) is 2.73. The van der Waals surface area contributed by atoms with Crippen LogP contribution < -0.4 is 14.5 Å². The molecule has 2 aliphatic heterocycles. The van der Waals surface area contributed by atoms with Crippen LogP contribution in [0.2, 0.25) is 0 Å². The summed E-state index contributed by atoms with van der Waals surface area (Å²) in [6, 6.07) is 24.5. The molecule has 0 aromatic heterocycles. The van der Waals surface area contributed by atoms with Crippen LogP contribution in [-0.4, -0.2) is 56.0 Å². The van der Waals surface area contributed by atoms with E-state index in [0.29, 0.717) is 25.1 Å². The molecular formula is C27H27N3O3. The first kappa shape index (κ1) is 21.1. The zero-order valence-electron chi connectivity index (χ0n) is 18.7. The SMILES string of the molecule is COc1cccc(N2CCN(C(=O)C3Cc4ccccc4N3C(=O)c3ccccc3)CC2)c1. The lowest BCUT2D eigenvalue weighted by atomic mass is 10.1. The first-order chi connectivity index (χ1) is 16.2. The molecule has 5 rings (SSSR count). The van der Waals surface area contributed by atoms with Gasteiger partial charge in [0, 0.05) is 55.6 Å². The summed E-state index contributed by atoms with van der Waals surface area (Å²) in [7, 11) is 1.66. The second kappa shape index (κ2) is 8.98. The van der Waals surface area contributed by atoms with Gasteiger partial charge in [-0.25, -0.2) is 0 Å². The second-order valence-electron chi connectivity index (χ2n) is 8.40. The first-order valence-corrected chi connectivity index (χ1v) is 11.3. The maximum atomic E-state index is 13.7. The van der Waals surface area contributed by atoms with E-state index in [1.54, 1.807) is 24.1 Å². The Labute approximate surface area is 194 Å². The lowest BCUT2D eigenvalue weighted by Crippen LogP contribution is -2.55. The van der Waals surface area contributed by atoms with Crippen molar-refractivity contribution < 1.29 is 14.3 Å². The van der Waals surface area contributed by atoms with Crippen LogP contribution in [0.3, 0.4) is 0 Å². The third-order valence-corrected chi connectivity index (χ3v) is 6.51. The number of carbonyl (C=O) groups excluding carboxylic acids is 2. The predicted octanol–water partition coefficient (Wildman–Crippen LogP) is 3.62. The van der Waals surface area contributed by atoms with E-state index in [0.717, 1.165) is 35.8 Å². The monoisotopic (exact) mass is 441 g/mol. The van der Waals surface area contributed by atoms with Gasteiger partial charge in [0.15, 0.2) is 0 Å². The lowest BCUT2D eigenvalue weighted by Gasteiger charge is -2.38. The van der Waals surface area contributed by atoms with Crippen LogP contribution in [0.4, 0.5) is 11.4 Å². The maximum Gasteiger partial charge on any atom is 0.259 e. The molecule has 1 fully saturated rings. The highest BCUT2D eigenvalue weighted by Gasteiger charge is 2.41. The quantitative estimate of drug-likeness (QED) is 0.621. The van der Waals surface area contributed by atoms with Crippen molar-refractivity contribution >= 4 is 23.2 Å². The van der Waals surface area contributed by atoms with E-state index in [-0.39, 0.29) is 11.8 Å². The number of benzene rings is 3. The molecule has 0 spiro atoms. The maximum absolute atomic E-state index is 13.7. The van der Waals surface area contributed by atoms with Crippen LogP contribution >= 0.6 is 0 Å². The highest BCUT2D eigenvalue weighted by molar-refractivity contribution is 6.11. The number of nitrogens with zero attached hydrogens (tertiary/aromatic N) is 3. The van der Waals surface area contributed by atoms with Gasteiger partial charge in [0.05, 0.1) is 7.11 Å². The fraction of sp³-hybridized carbons (Fsp3) is 0.259. The van der Waals surface area contributed by atoms with E-state index >= 15 is 0 Å². The predicted molar refractivity (Wildman–Crippen MR) is 129 cm³/mol. The molecule has 6 heteroatoms. The number of rotatable bonds is 4. The van der Waals surface area contributed by atoms with Crippen LogP contribution in [-0.2, 0) is 11.2 Å². The van der Waals surface area contributed by atoms with Crippen molar-refractivity contribution in [2.24, 2.45) is 0 Å². The number of piperazine rings is 1. The van der Waals surface area contributed by atoms with E-state index in [9.17, 15) is 9.59 Å². The Balaban J connectivity index is 1.34. The van der Waals surface area contributed by atoms with E-state index in [2.05, 4.69) is 11.0 Å². The van der Waals surface area contributed by atoms with Gasteiger partial charge in [0.25, 0.3) is 5.91 Å². The third-order valence-electron chi connectivity index (χ3n) is 6.51. The number of carbonyl (C=O) groups is 2. The molecule has 0 N–H and O–H groups in total. The highest BCUT2D eigenvalue weighted by Crippen LogP contribution is 2.34. The Morgan fingerprint density at radius 2 is 1.58 bits per heavy atom. The average molecular weight is 442 g/mol. The van der Waals surface area contributed by atoms with Crippen LogP contribution in [0.15, 0.2) is 78.9 Å². The van der Waals surface area contributed by atoms with Gasteiger partial charge in [-0.15, -0.1) is 0 Å². The number of amides is 2. The smallest absolute Gasteiger partial charge is 0.259 e. The summed E-state index contributed by atoms with van der Waals surface area (Å²) in [5.74, 6) is 0.708. The van der Waals surface area contributed by atoms with Crippen LogP contribution in [0.5, 0.6) is 5.75 Å². The molecule has 2 amide bonds. The van der Waals surface area contributed by atoms with Gasteiger partial charge >= 0.3 is 0 Å². The van der Waals surface area contributed by atoms with Crippen molar-refractivity contribution in [3.8, 4) is 5.75 Å². The zero-order chi connectivity index (χ0) is 22.8. The fourth-order valence-corrected chi connectivity index (χ4v) is 4.76. The van der Waals surface area contributed by atoms with Crippen LogP contribution in [0.1, 0.15) is 15.9 Å². The Morgan fingerprint density at radius 1 is 0.848 bits per heavy atom. The molecule has 33 heavy (non-hydrogen) atoms. The second-order valence-corrected chi connectivity index (χ2v) is 8.40. The molecule has 2 aliphatic rings. The summed E-state index contributed by atoms with van der Waals surface area (Å²) in [5, 5.41) is 0. The van der Waals surface area contributed by atoms with Gasteiger partial charge in [-0.3, -0.25) is 14.5 Å². The highest BCUT2D eigenvalue weighted by atomic mass is 16.5. The third kappa shape index (κ3) is 4.04. The lowest BCUT2D eigenvalue weighted by molar-refractivity contribution is -0.132. The van der Waals surface area contributed by atoms with Gasteiger partial charge < -0.3 is 14.5 Å². The van der Waals surface area contributed by atoms with E-state index in [1.807, 2.05) is 65.6 Å². The Morgan fingerprint density at radius 3 is 2.33 bits per heavy atom. The molecule has 0 saturated carbocycles. The van der Waals surface area contributed by atoms with E-state index < -0.39 is 6.04 Å². The van der Waals surface area contributed by atoms with Gasteiger partial charge in [-0.1, -0.05) is 42.5 Å². The summed E-state index contributed by atoms with van der Waals surface area (Å²) < 4.78 is 5.35. The van der Waals surface area contributed by atoms with Crippen molar-refractivity contribution in [2.75, 3.05) is 43.1 Å². The number of para-hydroxylation sites is 1. The zero-order valence-corrected chi connectivity index (χ0v) is 18.7. The van der Waals surface area contributed by atoms with Crippen molar-refractivity contribution in [1.29, 1.82) is 0 Å². The molecular weight excluding hydrogens is 414 g/mol. The number of hydrogen-bond donors (Lipinski definition) is 0. The van der Waals surface area contributed by atoms with Crippen molar-refractivity contribution in [3.63, 3.8) is 0 Å². The molecule has 1 unspecified atom stereocenters. The molecule has 2 heterocycles. The van der Waals surface area contributed by atoms with Crippen molar-refractivity contribution in [1.82, 2.24) is 4.90 Å². The molecule has 1 saturated heterocycles. The molecule has 1 atom stereocenters. The summed E-state index contributed by atoms with van der Waals surface area (Å²) in [5.41, 5.74) is 3.56. The minimum atomic E-state index is -0.515. The standard InChI is InChI=1S/C27H27N3O3/c1-33-23-12-7-11-22(19-23)28-14-16-29(17-15-28)27(32)25-18-21-10-5-6-13-24(21)30(25)26(31)20-8-3-2-4-9-20/h2-13,19,25H,14-18H2,1H3. The first-order valence-electron chi connectivity index (χ1n) is 11.3. The van der Waals surface area contributed by atoms with Gasteiger partial charge in [0.1, 0.15) is 11.8 Å². The Kier molecular flexibility index (Phi) is 5.73. The largest absolute Gasteiger partial charge is 0.497 e. The number of hydrogen-bond acceptors (Lipinski definition) is 4. The Hall–Kier alpha value is -3.80. The molecule has 0 aliphatic carbocycles. The normalized spacial score (nSPS) is 17.6. The summed E-state index contributed by atoms with van der Waals surface area (Å²) in [6.07, 6.45) is 0.545. The molecule has 3 aromatic rings. The van der Waals surface area contributed by atoms with Crippen molar-refractivity contribution in [3.05, 3.63) is 90.0 Å². The van der Waals surface area contributed by atoms with Gasteiger partial charge in [0.2, 0.25) is 5.91 Å². The summed E-state index contributed by atoms with van der Waals surface area (Å²) in [4.78, 5) is 33.0. The number of anilines is 2. The topological polar surface area (TPSA) is 53.1 Å². The van der Waals surface area contributed by atoms with E-state index in [1.165, 1.54) is 0 Å². The molecule has 0 bridgehead atoms. The van der Waals surface area contributed by atoms with Crippen LogP contribution in [0, 0.1) is 0 Å². The van der Waals surface area contributed by atoms with Crippen LogP contribution in [0.25, 0.3) is 0 Å². The fourth-order valence-electron chi connectivity index (χ4n) is 4.76. The number of methoxy groups -OCH3 is 1. The molecule has 168 valence electrons. The minimum absolute atomic E-state index is 0.0146. The van der Waals surface area contributed by atoms with Gasteiger partial charge in [-0.2, -0.15) is 0 Å². The average Bonchev–Trinajstić information content (AvgIpc) is 3.28. The number of ether oxygens (including phenoxy) is 1. The number of fused-ring (bicyclic) bond motifs is 1. The van der Waals surface area contributed by atoms with Gasteiger partial charge in [-0.05, 0) is 35.9 Å². The molecule has 0 radical (unpaired) electrons. The minimum Gasteiger partial charge on any atom is -0.497 e. The molecule has 3 aromatic carbocycles. The van der Waals surface area contributed by atoms with Crippen molar-refractivity contribution in [2.45, 2.75) is 12.5 Å².